The van der Waals surface area contributed by atoms with Gasteiger partial charge in [-0.25, -0.2) is 0 Å². The van der Waals surface area contributed by atoms with Crippen LogP contribution in [0.2, 0.25) is 0 Å². The number of furan rings is 2. The maximum Gasteiger partial charge on any atom is 0.143 e. The molecule has 11 aromatic carbocycles. The van der Waals surface area contributed by atoms with Crippen molar-refractivity contribution < 1.29 is 8.83 Å². The topological polar surface area (TPSA) is 31.2 Å². The molecule has 0 N–H and O–H groups in total. The number of fused-ring (bicyclic) bond motifs is 9. The molecule has 14 rings (SSSR count). The second kappa shape index (κ2) is 15.7. The average Bonchev–Trinajstić information content (AvgIpc) is 4.10. The highest BCUT2D eigenvalue weighted by atomic mass is 16.3. The Morgan fingerprint density at radius 3 is 1.04 bits per heavy atom. The molecule has 3 heterocycles. The summed E-state index contributed by atoms with van der Waals surface area (Å²) in [5.41, 5.74) is 20.3. The first-order valence-electron chi connectivity index (χ1n) is 23.6. The van der Waals surface area contributed by atoms with Crippen molar-refractivity contribution >= 4 is 65.7 Å². The van der Waals surface area contributed by atoms with Crippen LogP contribution in [-0.2, 0) is 0 Å². The van der Waals surface area contributed by atoms with Gasteiger partial charge in [0.15, 0.2) is 0 Å². The van der Waals surface area contributed by atoms with Gasteiger partial charge in [0.05, 0.1) is 16.7 Å². The molecule has 0 radical (unpaired) electrons. The number of nitrogens with zero attached hydrogens (tertiary/aromatic N) is 1. The highest BCUT2D eigenvalue weighted by Gasteiger charge is 2.25. The molecule has 0 aliphatic rings. The summed E-state index contributed by atoms with van der Waals surface area (Å²) in [6.07, 6.45) is 0. The zero-order chi connectivity index (χ0) is 45.4. The predicted molar refractivity (Wildman–Crippen MR) is 288 cm³/mol. The van der Waals surface area contributed by atoms with E-state index in [0.29, 0.717) is 0 Å². The molecule has 0 fully saturated rings. The van der Waals surface area contributed by atoms with Crippen LogP contribution in [0.1, 0.15) is 0 Å². The Morgan fingerprint density at radius 2 is 0.580 bits per heavy atom. The van der Waals surface area contributed by atoms with Crippen molar-refractivity contribution in [3.63, 3.8) is 0 Å². The average molecular weight is 880 g/mol. The third-order valence-electron chi connectivity index (χ3n) is 14.1. The number of benzene rings is 11. The minimum absolute atomic E-state index is 0.861. The van der Waals surface area contributed by atoms with Gasteiger partial charge >= 0.3 is 0 Å². The zero-order valence-electron chi connectivity index (χ0n) is 37.4. The van der Waals surface area contributed by atoms with Crippen molar-refractivity contribution in [2.75, 3.05) is 0 Å². The fraction of sp³-hybridized carbons (Fsp3) is 0. The van der Waals surface area contributed by atoms with Crippen LogP contribution in [0, 0.1) is 0 Å². The van der Waals surface area contributed by atoms with Crippen molar-refractivity contribution in [3.05, 3.63) is 249 Å². The molecule has 0 bridgehead atoms. The standard InChI is InChI=1S/C66H41NO2/c1-3-18-42(19-4-1)46-22-7-9-24-48(46)44-36-38-60-58(40-44)59-41-45(49-25-10-8-23-47(49)43-20-5-2-6-21-43)37-39-61(59)67(60)64-52(56-32-16-30-54-50-26-11-13-34-62(50)68-65(54)56)28-15-29-53(64)57-33-17-31-55-51-27-12-14-35-63(51)69-66(55)57/h1-41H. The Balaban J connectivity index is 1.10. The maximum absolute atomic E-state index is 6.84. The van der Waals surface area contributed by atoms with Gasteiger partial charge in [0.2, 0.25) is 0 Å². The molecule has 3 aromatic heterocycles. The van der Waals surface area contributed by atoms with Crippen LogP contribution in [0.15, 0.2) is 258 Å². The second-order valence-electron chi connectivity index (χ2n) is 17.9. The van der Waals surface area contributed by atoms with Crippen molar-refractivity contribution in [3.8, 4) is 72.4 Å². The van der Waals surface area contributed by atoms with Crippen LogP contribution in [0.3, 0.4) is 0 Å². The van der Waals surface area contributed by atoms with Gasteiger partial charge in [-0.3, -0.25) is 0 Å². The molecule has 0 amide bonds. The summed E-state index contributed by atoms with van der Waals surface area (Å²) in [7, 11) is 0. The molecule has 0 saturated heterocycles. The van der Waals surface area contributed by atoms with Crippen molar-refractivity contribution in [2.24, 2.45) is 0 Å². The van der Waals surface area contributed by atoms with E-state index in [2.05, 4.69) is 241 Å². The number of para-hydroxylation sites is 5. The Morgan fingerprint density at radius 1 is 0.232 bits per heavy atom. The summed E-state index contributed by atoms with van der Waals surface area (Å²) < 4.78 is 16.2. The molecule has 3 nitrogen and oxygen atoms in total. The molecule has 0 unspecified atom stereocenters. The van der Waals surface area contributed by atoms with Crippen molar-refractivity contribution in [1.29, 1.82) is 0 Å². The van der Waals surface area contributed by atoms with E-state index >= 15 is 0 Å². The molecule has 0 aliphatic heterocycles. The third-order valence-corrected chi connectivity index (χ3v) is 14.1. The molecule has 322 valence electrons. The summed E-state index contributed by atoms with van der Waals surface area (Å²) in [5, 5.41) is 6.70. The maximum atomic E-state index is 6.84. The lowest BCUT2D eigenvalue weighted by Crippen LogP contribution is -2.01. The van der Waals surface area contributed by atoms with Gasteiger partial charge in [0, 0.05) is 54.6 Å². The van der Waals surface area contributed by atoms with Crippen LogP contribution < -0.4 is 0 Å². The quantitative estimate of drug-likeness (QED) is 0.160. The van der Waals surface area contributed by atoms with Gasteiger partial charge in [-0.05, 0) is 80.9 Å². The van der Waals surface area contributed by atoms with E-state index in [1.807, 2.05) is 12.1 Å². The predicted octanol–water partition coefficient (Wildman–Crippen LogP) is 18.6. The Kier molecular flexibility index (Phi) is 8.90. The SMILES string of the molecule is c1ccc(-c2ccccc2-c2ccc3c(c2)c2cc(-c4ccccc4-c4ccccc4)ccc2n3-c2c(-c3cccc4c3oc3ccccc34)cccc2-c2cccc3c2oc2ccccc23)cc1. The van der Waals surface area contributed by atoms with Gasteiger partial charge in [-0.15, -0.1) is 0 Å². The lowest BCUT2D eigenvalue weighted by atomic mass is 9.92. The smallest absolute Gasteiger partial charge is 0.143 e. The molecule has 0 saturated carbocycles. The molecule has 14 aromatic rings. The normalized spacial score (nSPS) is 11.8. The van der Waals surface area contributed by atoms with E-state index in [1.165, 1.54) is 33.4 Å². The fourth-order valence-corrected chi connectivity index (χ4v) is 10.9. The van der Waals surface area contributed by atoms with Crippen LogP contribution in [0.25, 0.3) is 138 Å². The van der Waals surface area contributed by atoms with Gasteiger partial charge in [0.1, 0.15) is 22.3 Å². The highest BCUT2D eigenvalue weighted by molar-refractivity contribution is 6.16. The fourth-order valence-electron chi connectivity index (χ4n) is 10.9. The Labute approximate surface area is 398 Å². The molecule has 0 aliphatic carbocycles. The number of hydrogen-bond donors (Lipinski definition) is 0. The van der Waals surface area contributed by atoms with Gasteiger partial charge in [0.25, 0.3) is 0 Å². The van der Waals surface area contributed by atoms with Crippen molar-refractivity contribution in [2.45, 2.75) is 0 Å². The summed E-state index contributed by atoms with van der Waals surface area (Å²) in [6.45, 7) is 0. The first kappa shape index (κ1) is 39.0. The van der Waals surface area contributed by atoms with E-state index < -0.39 is 0 Å². The van der Waals surface area contributed by atoms with Crippen LogP contribution in [-0.4, -0.2) is 4.57 Å². The largest absolute Gasteiger partial charge is 0.455 e. The van der Waals surface area contributed by atoms with Gasteiger partial charge in [-0.1, -0.05) is 212 Å². The monoisotopic (exact) mass is 879 g/mol. The van der Waals surface area contributed by atoms with E-state index in [9.17, 15) is 0 Å². The summed E-state index contributed by atoms with van der Waals surface area (Å²) in [4.78, 5) is 0. The highest BCUT2D eigenvalue weighted by Crippen LogP contribution is 2.48. The Bertz CT molecular complexity index is 4030. The van der Waals surface area contributed by atoms with Crippen LogP contribution >= 0.6 is 0 Å². The minimum Gasteiger partial charge on any atom is -0.455 e. The Hall–Kier alpha value is -9.18. The molecule has 0 atom stereocenters. The molecule has 3 heteroatoms. The van der Waals surface area contributed by atoms with E-state index in [1.54, 1.807) is 0 Å². The van der Waals surface area contributed by atoms with Crippen LogP contribution in [0.5, 0.6) is 0 Å². The molecular weight excluding hydrogens is 839 g/mol. The summed E-state index contributed by atoms with van der Waals surface area (Å²) in [5.74, 6) is 0. The minimum atomic E-state index is 0.861. The molecule has 69 heavy (non-hydrogen) atoms. The summed E-state index contributed by atoms with van der Waals surface area (Å²) >= 11 is 0. The lowest BCUT2D eigenvalue weighted by molar-refractivity contribution is 0.670. The van der Waals surface area contributed by atoms with E-state index in [-0.39, 0.29) is 0 Å². The second-order valence-corrected chi connectivity index (χ2v) is 17.9. The lowest BCUT2D eigenvalue weighted by Gasteiger charge is -2.20. The first-order chi connectivity index (χ1) is 34.2. The molecular formula is C66H41NO2. The van der Waals surface area contributed by atoms with Gasteiger partial charge in [-0.2, -0.15) is 0 Å². The number of hydrogen-bond acceptors (Lipinski definition) is 2. The summed E-state index contributed by atoms with van der Waals surface area (Å²) in [6, 6.07) is 89.5. The molecule has 0 spiro atoms. The third kappa shape index (κ3) is 6.21. The first-order valence-corrected chi connectivity index (χ1v) is 23.6. The van der Waals surface area contributed by atoms with Crippen molar-refractivity contribution in [1.82, 2.24) is 4.57 Å². The number of aromatic nitrogens is 1. The van der Waals surface area contributed by atoms with Gasteiger partial charge < -0.3 is 13.4 Å². The van der Waals surface area contributed by atoms with E-state index in [0.717, 1.165) is 105 Å². The number of rotatable bonds is 7. The van der Waals surface area contributed by atoms with E-state index in [4.69, 9.17) is 8.83 Å². The zero-order valence-corrected chi connectivity index (χ0v) is 37.4. The van der Waals surface area contributed by atoms with Crippen LogP contribution in [0.4, 0.5) is 0 Å².